The molecule has 10 heteroatoms. The minimum absolute atomic E-state index is 0.124. The number of carbonyl (C=O) groups is 1. The highest BCUT2D eigenvalue weighted by atomic mass is 35.5. The molecule has 0 aliphatic carbocycles. The van der Waals surface area contributed by atoms with Crippen molar-refractivity contribution in [2.75, 3.05) is 18.4 Å². The van der Waals surface area contributed by atoms with Crippen LogP contribution in [0.3, 0.4) is 0 Å². The Kier molecular flexibility index (Phi) is 7.12. The number of nitrogens with one attached hydrogen (secondary N) is 1. The Hall–Kier alpha value is -3.01. The molecule has 0 atom stereocenters. The van der Waals surface area contributed by atoms with Crippen molar-refractivity contribution in [2.24, 2.45) is 0 Å². The molecule has 0 saturated carbocycles. The summed E-state index contributed by atoms with van der Waals surface area (Å²) in [6, 6.07) is 11.6. The minimum atomic E-state index is -4.60. The molecule has 2 N–H and O–H groups in total. The maximum atomic E-state index is 13.5. The van der Waals surface area contributed by atoms with Crippen LogP contribution in [0.1, 0.15) is 45.8 Å². The van der Waals surface area contributed by atoms with Crippen LogP contribution < -0.4 is 5.32 Å². The van der Waals surface area contributed by atoms with Crippen molar-refractivity contribution < 1.29 is 22.2 Å². The Bertz CT molecular complexity index is 1370. The molecule has 1 aliphatic rings. The Labute approximate surface area is 208 Å². The van der Waals surface area contributed by atoms with Gasteiger partial charge in [0.1, 0.15) is 5.82 Å². The summed E-state index contributed by atoms with van der Waals surface area (Å²) in [5, 5.41) is 3.09. The molecule has 1 saturated heterocycles. The van der Waals surface area contributed by atoms with Gasteiger partial charge in [-0.15, -0.1) is 0 Å². The summed E-state index contributed by atoms with van der Waals surface area (Å²) in [5.74, 6) is -0.372. The quantitative estimate of drug-likeness (QED) is 0.433. The first kappa shape index (κ1) is 25.1. The molecule has 1 aromatic heterocycles. The van der Waals surface area contributed by atoms with Crippen LogP contribution in [0.25, 0.3) is 0 Å². The Morgan fingerprint density at radius 3 is 2.43 bits per heavy atom. The molecule has 0 radical (unpaired) electrons. The number of pyridine rings is 1. The van der Waals surface area contributed by atoms with E-state index in [9.17, 15) is 22.2 Å². The highest BCUT2D eigenvalue weighted by molar-refractivity contribution is 7.85. The number of piperidine rings is 1. The van der Waals surface area contributed by atoms with E-state index in [1.165, 1.54) is 25.3 Å². The molecule has 3 aromatic rings. The zero-order valence-corrected chi connectivity index (χ0v) is 20.8. The number of anilines is 2. The van der Waals surface area contributed by atoms with Gasteiger partial charge in [-0.3, -0.25) is 9.35 Å². The third-order valence-electron chi connectivity index (χ3n) is 6.33. The predicted molar refractivity (Wildman–Crippen MR) is 133 cm³/mol. The van der Waals surface area contributed by atoms with E-state index in [1.807, 2.05) is 6.92 Å². The van der Waals surface area contributed by atoms with Gasteiger partial charge in [0.05, 0.1) is 11.3 Å². The van der Waals surface area contributed by atoms with Crippen LogP contribution >= 0.6 is 11.6 Å². The standard InChI is InChI=1S/C25H25ClFN3O4S/c1-15-3-6-19(26)13-22(15)29-23-16(2)24(35(32,33)34)28-14-21(23)25(31)30-11-9-18(10-12-30)17-4-7-20(27)8-5-17/h3-8,13-14,18H,9-12H2,1-2H3,(H,28,29)(H,32,33,34). The Morgan fingerprint density at radius 1 is 1.14 bits per heavy atom. The third-order valence-corrected chi connectivity index (χ3v) is 7.47. The fourth-order valence-electron chi connectivity index (χ4n) is 4.36. The van der Waals surface area contributed by atoms with Gasteiger partial charge in [-0.05, 0) is 68.0 Å². The Balaban J connectivity index is 1.64. The van der Waals surface area contributed by atoms with E-state index in [0.29, 0.717) is 36.6 Å². The molecule has 4 rings (SSSR count). The lowest BCUT2D eigenvalue weighted by Gasteiger charge is -2.33. The summed E-state index contributed by atoms with van der Waals surface area (Å²) in [6.45, 7) is 4.29. The number of aryl methyl sites for hydroxylation is 1. The lowest BCUT2D eigenvalue weighted by Crippen LogP contribution is -2.38. The van der Waals surface area contributed by atoms with Crippen molar-refractivity contribution in [3.8, 4) is 0 Å². The topological polar surface area (TPSA) is 99.6 Å². The molecule has 184 valence electrons. The fourth-order valence-corrected chi connectivity index (χ4v) is 5.21. The van der Waals surface area contributed by atoms with Crippen LogP contribution in [-0.4, -0.2) is 41.9 Å². The molecular formula is C25H25ClFN3O4S. The average Bonchev–Trinajstić information content (AvgIpc) is 2.82. The number of benzene rings is 2. The Morgan fingerprint density at radius 2 is 1.80 bits per heavy atom. The smallest absolute Gasteiger partial charge is 0.312 e. The van der Waals surface area contributed by atoms with Crippen LogP contribution in [0.5, 0.6) is 0 Å². The highest BCUT2D eigenvalue weighted by Gasteiger charge is 2.29. The molecule has 35 heavy (non-hydrogen) atoms. The van der Waals surface area contributed by atoms with Crippen molar-refractivity contribution in [2.45, 2.75) is 37.6 Å². The number of amides is 1. The summed E-state index contributed by atoms with van der Waals surface area (Å²) in [7, 11) is -4.60. The normalized spacial score (nSPS) is 14.7. The van der Waals surface area contributed by atoms with Gasteiger partial charge >= 0.3 is 10.1 Å². The molecular weight excluding hydrogens is 493 g/mol. The van der Waals surface area contributed by atoms with Crippen molar-refractivity contribution in [1.82, 2.24) is 9.88 Å². The second-order valence-electron chi connectivity index (χ2n) is 8.65. The van der Waals surface area contributed by atoms with Crippen molar-refractivity contribution >= 4 is 39.0 Å². The molecule has 0 unspecified atom stereocenters. The lowest BCUT2D eigenvalue weighted by atomic mass is 9.89. The van der Waals surface area contributed by atoms with E-state index in [1.54, 1.807) is 35.2 Å². The average molecular weight is 518 g/mol. The van der Waals surface area contributed by atoms with Crippen molar-refractivity contribution in [1.29, 1.82) is 0 Å². The summed E-state index contributed by atoms with van der Waals surface area (Å²) in [6.07, 6.45) is 2.60. The third kappa shape index (κ3) is 5.47. The number of rotatable bonds is 5. The maximum absolute atomic E-state index is 13.5. The summed E-state index contributed by atoms with van der Waals surface area (Å²) in [4.78, 5) is 19.1. The lowest BCUT2D eigenvalue weighted by molar-refractivity contribution is 0.0713. The van der Waals surface area contributed by atoms with E-state index in [2.05, 4.69) is 10.3 Å². The molecule has 2 heterocycles. The number of hydrogen-bond acceptors (Lipinski definition) is 5. The predicted octanol–water partition coefficient (Wildman–Crippen LogP) is 5.50. The summed E-state index contributed by atoms with van der Waals surface area (Å²) in [5.41, 5.74) is 3.01. The molecule has 1 aliphatic heterocycles. The van der Waals surface area contributed by atoms with E-state index in [0.717, 1.165) is 11.1 Å². The second-order valence-corrected chi connectivity index (χ2v) is 10.4. The zero-order chi connectivity index (χ0) is 25.3. The van der Waals surface area contributed by atoms with Gasteiger partial charge in [0.2, 0.25) is 0 Å². The van der Waals surface area contributed by atoms with E-state index in [-0.39, 0.29) is 34.5 Å². The minimum Gasteiger partial charge on any atom is -0.354 e. The molecule has 1 amide bonds. The van der Waals surface area contributed by atoms with Gasteiger partial charge in [0.25, 0.3) is 5.91 Å². The number of likely N-dealkylation sites (tertiary alicyclic amines) is 1. The van der Waals surface area contributed by atoms with E-state index >= 15 is 0 Å². The molecule has 0 bridgehead atoms. The van der Waals surface area contributed by atoms with Crippen LogP contribution in [-0.2, 0) is 10.1 Å². The van der Waals surface area contributed by atoms with Gasteiger partial charge in [0, 0.05) is 35.6 Å². The first-order chi connectivity index (χ1) is 16.5. The molecule has 2 aromatic carbocycles. The van der Waals surface area contributed by atoms with E-state index in [4.69, 9.17) is 11.6 Å². The van der Waals surface area contributed by atoms with Gasteiger partial charge in [0.15, 0.2) is 5.03 Å². The van der Waals surface area contributed by atoms with Gasteiger partial charge in [-0.2, -0.15) is 8.42 Å². The van der Waals surface area contributed by atoms with Crippen LogP contribution in [0.4, 0.5) is 15.8 Å². The number of nitrogens with zero attached hydrogens (tertiary/aromatic N) is 2. The zero-order valence-electron chi connectivity index (χ0n) is 19.3. The van der Waals surface area contributed by atoms with Gasteiger partial charge in [-0.25, -0.2) is 9.37 Å². The number of hydrogen-bond donors (Lipinski definition) is 2. The van der Waals surface area contributed by atoms with Crippen molar-refractivity contribution in [3.05, 3.63) is 81.8 Å². The fraction of sp³-hybridized carbons (Fsp3) is 0.280. The number of carbonyl (C=O) groups excluding carboxylic acids is 1. The van der Waals surface area contributed by atoms with Crippen LogP contribution in [0.15, 0.2) is 53.7 Å². The van der Waals surface area contributed by atoms with Gasteiger partial charge in [-0.1, -0.05) is 29.8 Å². The van der Waals surface area contributed by atoms with Crippen LogP contribution in [0.2, 0.25) is 5.02 Å². The molecule has 0 spiro atoms. The number of halogens is 2. The first-order valence-corrected chi connectivity index (χ1v) is 12.9. The van der Waals surface area contributed by atoms with Gasteiger partial charge < -0.3 is 10.2 Å². The molecule has 7 nitrogen and oxygen atoms in total. The summed E-state index contributed by atoms with van der Waals surface area (Å²) >= 11 is 6.14. The number of aromatic nitrogens is 1. The monoisotopic (exact) mass is 517 g/mol. The second kappa shape index (κ2) is 9.93. The first-order valence-electron chi connectivity index (χ1n) is 11.1. The van der Waals surface area contributed by atoms with E-state index < -0.39 is 15.1 Å². The SMILES string of the molecule is Cc1ccc(Cl)cc1Nc1c(C(=O)N2CCC(c3ccc(F)cc3)CC2)cnc(S(=O)(=O)O)c1C. The summed E-state index contributed by atoms with van der Waals surface area (Å²) < 4.78 is 46.7. The molecule has 1 fully saturated rings. The maximum Gasteiger partial charge on any atom is 0.312 e. The highest BCUT2D eigenvalue weighted by Crippen LogP contribution is 2.34. The largest absolute Gasteiger partial charge is 0.354 e. The van der Waals surface area contributed by atoms with Crippen LogP contribution in [0, 0.1) is 19.7 Å². The van der Waals surface area contributed by atoms with Crippen molar-refractivity contribution in [3.63, 3.8) is 0 Å².